The summed E-state index contributed by atoms with van der Waals surface area (Å²) in [4.78, 5) is 11.7. The van der Waals surface area contributed by atoms with Gasteiger partial charge in [-0.3, -0.25) is 4.79 Å². The van der Waals surface area contributed by atoms with Gasteiger partial charge in [0.25, 0.3) is 5.91 Å². The van der Waals surface area contributed by atoms with Crippen molar-refractivity contribution in [3.05, 3.63) is 65.2 Å². The molecular weight excluding hydrogens is 290 g/mol. The van der Waals surface area contributed by atoms with Gasteiger partial charge in [0.15, 0.2) is 0 Å². The third-order valence-corrected chi connectivity index (χ3v) is 3.63. The Hall–Kier alpha value is -2.33. The number of aryl methyl sites for hydroxylation is 2. The first-order valence-electron chi connectivity index (χ1n) is 7.87. The fourth-order valence-corrected chi connectivity index (χ4v) is 2.32. The Morgan fingerprint density at radius 2 is 1.87 bits per heavy atom. The number of hydrogen-bond donors (Lipinski definition) is 2. The standard InChI is InChI=1S/C19H23NO3/c1-15-5-2-3-6-16(15)7-4-14-23-18-10-8-17(9-11-18)19(22)20-12-13-21/h2-3,5-6,8-11,21H,4,7,12-14H2,1H3,(H,20,22). The van der Waals surface area contributed by atoms with E-state index in [1.54, 1.807) is 24.3 Å². The van der Waals surface area contributed by atoms with Crippen molar-refractivity contribution in [2.24, 2.45) is 0 Å². The molecule has 2 aromatic rings. The summed E-state index contributed by atoms with van der Waals surface area (Å²) in [7, 11) is 0. The highest BCUT2D eigenvalue weighted by Gasteiger charge is 2.04. The normalized spacial score (nSPS) is 10.3. The Labute approximate surface area is 137 Å². The molecule has 0 heterocycles. The fraction of sp³-hybridized carbons (Fsp3) is 0.316. The van der Waals surface area contributed by atoms with Gasteiger partial charge in [0.05, 0.1) is 13.2 Å². The van der Waals surface area contributed by atoms with Crippen LogP contribution in [0.25, 0.3) is 0 Å². The average Bonchev–Trinajstić information content (AvgIpc) is 2.58. The number of benzene rings is 2. The van der Waals surface area contributed by atoms with Crippen LogP contribution in [0.15, 0.2) is 48.5 Å². The Morgan fingerprint density at radius 1 is 1.13 bits per heavy atom. The highest BCUT2D eigenvalue weighted by Crippen LogP contribution is 2.14. The summed E-state index contributed by atoms with van der Waals surface area (Å²) in [6, 6.07) is 15.4. The van der Waals surface area contributed by atoms with Gasteiger partial charge < -0.3 is 15.2 Å². The number of aliphatic hydroxyl groups excluding tert-OH is 1. The lowest BCUT2D eigenvalue weighted by atomic mass is 10.0. The number of rotatable bonds is 8. The topological polar surface area (TPSA) is 58.6 Å². The second-order valence-electron chi connectivity index (χ2n) is 5.38. The van der Waals surface area contributed by atoms with Crippen molar-refractivity contribution >= 4 is 5.91 Å². The maximum absolute atomic E-state index is 11.7. The van der Waals surface area contributed by atoms with Crippen molar-refractivity contribution in [1.82, 2.24) is 5.32 Å². The smallest absolute Gasteiger partial charge is 0.251 e. The van der Waals surface area contributed by atoms with Crippen LogP contribution in [0.1, 0.15) is 27.9 Å². The molecule has 0 atom stereocenters. The van der Waals surface area contributed by atoms with E-state index in [1.165, 1.54) is 11.1 Å². The Balaban J connectivity index is 1.76. The number of nitrogens with one attached hydrogen (secondary N) is 1. The first kappa shape index (κ1) is 17.0. The highest BCUT2D eigenvalue weighted by atomic mass is 16.5. The Morgan fingerprint density at radius 3 is 2.57 bits per heavy atom. The van der Waals surface area contributed by atoms with Gasteiger partial charge in [-0.05, 0) is 55.2 Å². The van der Waals surface area contributed by atoms with Gasteiger partial charge in [0.2, 0.25) is 0 Å². The van der Waals surface area contributed by atoms with Gasteiger partial charge in [-0.1, -0.05) is 24.3 Å². The number of amides is 1. The second kappa shape index (κ2) is 8.96. The minimum atomic E-state index is -0.190. The molecule has 4 heteroatoms. The van der Waals surface area contributed by atoms with Crippen LogP contribution in [0.5, 0.6) is 5.75 Å². The van der Waals surface area contributed by atoms with E-state index < -0.39 is 0 Å². The largest absolute Gasteiger partial charge is 0.494 e. The summed E-state index contributed by atoms with van der Waals surface area (Å²) in [6.45, 7) is 2.96. The van der Waals surface area contributed by atoms with Crippen molar-refractivity contribution in [3.63, 3.8) is 0 Å². The molecule has 2 N–H and O–H groups in total. The minimum Gasteiger partial charge on any atom is -0.494 e. The minimum absolute atomic E-state index is 0.0617. The molecule has 0 saturated carbocycles. The molecule has 0 bridgehead atoms. The molecule has 0 aliphatic rings. The molecule has 0 aliphatic carbocycles. The molecule has 0 fully saturated rings. The zero-order chi connectivity index (χ0) is 16.5. The number of ether oxygens (including phenoxy) is 1. The molecule has 0 spiro atoms. The van der Waals surface area contributed by atoms with Gasteiger partial charge in [0.1, 0.15) is 5.75 Å². The number of aliphatic hydroxyl groups is 1. The van der Waals surface area contributed by atoms with Gasteiger partial charge in [-0.25, -0.2) is 0 Å². The molecule has 0 saturated heterocycles. The highest BCUT2D eigenvalue weighted by molar-refractivity contribution is 5.94. The van der Waals surface area contributed by atoms with Crippen molar-refractivity contribution in [1.29, 1.82) is 0 Å². The summed E-state index contributed by atoms with van der Waals surface area (Å²) >= 11 is 0. The van der Waals surface area contributed by atoms with Crippen LogP contribution in [0.3, 0.4) is 0 Å². The van der Waals surface area contributed by atoms with Crippen LogP contribution in [-0.4, -0.2) is 30.8 Å². The van der Waals surface area contributed by atoms with Crippen molar-refractivity contribution < 1.29 is 14.6 Å². The van der Waals surface area contributed by atoms with E-state index in [0.29, 0.717) is 12.2 Å². The van der Waals surface area contributed by atoms with Crippen LogP contribution in [0.4, 0.5) is 0 Å². The molecular formula is C19H23NO3. The quantitative estimate of drug-likeness (QED) is 0.737. The zero-order valence-corrected chi connectivity index (χ0v) is 13.4. The molecule has 0 radical (unpaired) electrons. The lowest BCUT2D eigenvalue weighted by Crippen LogP contribution is -2.26. The Bertz CT molecular complexity index is 623. The summed E-state index contributed by atoms with van der Waals surface area (Å²) in [5, 5.41) is 11.3. The monoisotopic (exact) mass is 313 g/mol. The maximum atomic E-state index is 11.7. The van der Waals surface area contributed by atoms with Crippen molar-refractivity contribution in [3.8, 4) is 5.75 Å². The fourth-order valence-electron chi connectivity index (χ4n) is 2.32. The van der Waals surface area contributed by atoms with Crippen molar-refractivity contribution in [2.45, 2.75) is 19.8 Å². The molecule has 0 aliphatic heterocycles. The molecule has 2 aromatic carbocycles. The molecule has 0 unspecified atom stereocenters. The van der Waals surface area contributed by atoms with E-state index >= 15 is 0 Å². The second-order valence-corrected chi connectivity index (χ2v) is 5.38. The van der Waals surface area contributed by atoms with Crippen LogP contribution < -0.4 is 10.1 Å². The van der Waals surface area contributed by atoms with Crippen LogP contribution in [0, 0.1) is 6.92 Å². The summed E-state index contributed by atoms with van der Waals surface area (Å²) in [5.41, 5.74) is 3.23. The average molecular weight is 313 g/mol. The van der Waals surface area contributed by atoms with E-state index in [-0.39, 0.29) is 19.1 Å². The molecule has 2 rings (SSSR count). The lowest BCUT2D eigenvalue weighted by molar-refractivity contribution is 0.0944. The van der Waals surface area contributed by atoms with Crippen LogP contribution in [0.2, 0.25) is 0 Å². The number of carbonyl (C=O) groups is 1. The van der Waals surface area contributed by atoms with E-state index in [1.807, 2.05) is 6.07 Å². The number of carbonyl (C=O) groups excluding carboxylic acids is 1. The van der Waals surface area contributed by atoms with Crippen LogP contribution >= 0.6 is 0 Å². The van der Waals surface area contributed by atoms with E-state index in [0.717, 1.165) is 18.6 Å². The molecule has 23 heavy (non-hydrogen) atoms. The molecule has 0 aromatic heterocycles. The maximum Gasteiger partial charge on any atom is 0.251 e. The predicted octanol–water partition coefficient (Wildman–Crippen LogP) is 2.73. The van der Waals surface area contributed by atoms with E-state index in [9.17, 15) is 4.79 Å². The predicted molar refractivity (Wildman–Crippen MR) is 90.9 cm³/mol. The first-order valence-corrected chi connectivity index (χ1v) is 7.87. The Kier molecular flexibility index (Phi) is 6.63. The summed E-state index contributed by atoms with van der Waals surface area (Å²) in [5.74, 6) is 0.568. The molecule has 122 valence electrons. The third kappa shape index (κ3) is 5.42. The van der Waals surface area contributed by atoms with Gasteiger partial charge in [-0.15, -0.1) is 0 Å². The van der Waals surface area contributed by atoms with E-state index in [4.69, 9.17) is 9.84 Å². The van der Waals surface area contributed by atoms with Gasteiger partial charge in [0, 0.05) is 12.1 Å². The third-order valence-electron chi connectivity index (χ3n) is 3.63. The first-order chi connectivity index (χ1) is 11.2. The SMILES string of the molecule is Cc1ccccc1CCCOc1ccc(C(=O)NCCO)cc1. The summed E-state index contributed by atoms with van der Waals surface area (Å²) < 4.78 is 5.71. The van der Waals surface area contributed by atoms with Crippen LogP contribution in [-0.2, 0) is 6.42 Å². The number of hydrogen-bond acceptors (Lipinski definition) is 3. The van der Waals surface area contributed by atoms with E-state index in [2.05, 4.69) is 30.4 Å². The van der Waals surface area contributed by atoms with Gasteiger partial charge >= 0.3 is 0 Å². The molecule has 4 nitrogen and oxygen atoms in total. The molecule has 1 amide bonds. The summed E-state index contributed by atoms with van der Waals surface area (Å²) in [6.07, 6.45) is 1.94. The zero-order valence-electron chi connectivity index (χ0n) is 13.4. The van der Waals surface area contributed by atoms with Crippen molar-refractivity contribution in [2.75, 3.05) is 19.8 Å². The van der Waals surface area contributed by atoms with Gasteiger partial charge in [-0.2, -0.15) is 0 Å². The lowest BCUT2D eigenvalue weighted by Gasteiger charge is -2.09.